The number of carbonyl (C=O) groups excluding carboxylic acids is 1. The molecule has 7 heteroatoms. The van der Waals surface area contributed by atoms with Crippen molar-refractivity contribution in [1.82, 2.24) is 19.7 Å². The van der Waals surface area contributed by atoms with Gasteiger partial charge in [0.15, 0.2) is 0 Å². The van der Waals surface area contributed by atoms with Crippen LogP contribution >= 0.6 is 0 Å². The molecule has 240 valence electrons. The molecule has 2 saturated heterocycles. The molecule has 1 amide bonds. The van der Waals surface area contributed by atoms with Crippen LogP contribution in [0.4, 0.5) is 0 Å². The number of aryl methyl sites for hydroxylation is 1. The first-order valence-electron chi connectivity index (χ1n) is 17.1. The van der Waals surface area contributed by atoms with Crippen molar-refractivity contribution in [3.8, 4) is 11.5 Å². The summed E-state index contributed by atoms with van der Waals surface area (Å²) >= 11 is 0. The first-order valence-corrected chi connectivity index (χ1v) is 17.1. The molecular formula is C38H50N4O3. The van der Waals surface area contributed by atoms with Crippen molar-refractivity contribution in [2.24, 2.45) is 5.41 Å². The highest BCUT2D eigenvalue weighted by atomic mass is 16.5. The second-order valence-corrected chi connectivity index (χ2v) is 13.4. The number of benzene rings is 2. The van der Waals surface area contributed by atoms with E-state index >= 15 is 0 Å². The Kier molecular flexibility index (Phi) is 10.7. The first kappa shape index (κ1) is 31.6. The van der Waals surface area contributed by atoms with Crippen molar-refractivity contribution in [3.63, 3.8) is 0 Å². The van der Waals surface area contributed by atoms with Gasteiger partial charge >= 0.3 is 0 Å². The smallest absolute Gasteiger partial charge is 0.253 e. The monoisotopic (exact) mass is 610 g/mol. The van der Waals surface area contributed by atoms with Crippen LogP contribution in [0.5, 0.6) is 11.5 Å². The molecule has 0 atom stereocenters. The van der Waals surface area contributed by atoms with Gasteiger partial charge in [-0.05, 0) is 111 Å². The van der Waals surface area contributed by atoms with Gasteiger partial charge in [-0.3, -0.25) is 19.6 Å². The van der Waals surface area contributed by atoms with Crippen LogP contribution in [0.15, 0.2) is 67.0 Å². The lowest BCUT2D eigenvalue weighted by Gasteiger charge is -2.45. The molecule has 2 aromatic carbocycles. The van der Waals surface area contributed by atoms with Gasteiger partial charge in [0, 0.05) is 62.8 Å². The van der Waals surface area contributed by atoms with E-state index in [9.17, 15) is 4.79 Å². The molecule has 6 rings (SSSR count). The van der Waals surface area contributed by atoms with Gasteiger partial charge in [0.2, 0.25) is 0 Å². The molecule has 3 aliphatic heterocycles. The number of ether oxygens (including phenoxy) is 2. The Hall–Kier alpha value is -3.42. The first-order chi connectivity index (χ1) is 22.1. The molecule has 1 spiro atoms. The van der Waals surface area contributed by atoms with Crippen LogP contribution in [0, 0.1) is 5.41 Å². The van der Waals surface area contributed by atoms with Crippen LogP contribution in [0.2, 0.25) is 0 Å². The van der Waals surface area contributed by atoms with Gasteiger partial charge in [-0.15, -0.1) is 0 Å². The topological polar surface area (TPSA) is 58.1 Å². The van der Waals surface area contributed by atoms with E-state index in [-0.39, 0.29) is 11.3 Å². The summed E-state index contributed by atoms with van der Waals surface area (Å²) < 4.78 is 12.1. The highest BCUT2D eigenvalue weighted by molar-refractivity contribution is 5.94. The predicted molar refractivity (Wildman–Crippen MR) is 179 cm³/mol. The van der Waals surface area contributed by atoms with Gasteiger partial charge in [-0.25, -0.2) is 0 Å². The van der Waals surface area contributed by atoms with Crippen LogP contribution in [0.25, 0.3) is 0 Å². The molecule has 4 heterocycles. The molecule has 2 fully saturated rings. The number of para-hydroxylation sites is 1. The van der Waals surface area contributed by atoms with E-state index in [1.165, 1.54) is 43.2 Å². The van der Waals surface area contributed by atoms with E-state index in [2.05, 4.69) is 62.1 Å². The van der Waals surface area contributed by atoms with Crippen molar-refractivity contribution >= 4 is 5.91 Å². The zero-order valence-corrected chi connectivity index (χ0v) is 27.1. The molecule has 45 heavy (non-hydrogen) atoms. The molecule has 0 radical (unpaired) electrons. The SMILES string of the molecule is COc1ccc(C(=O)N2CCC3(CCCCc4ccccc4OCCN(Cc4ccncc4)C3)CC2)cc1CN1CCCCC1. The lowest BCUT2D eigenvalue weighted by molar-refractivity contribution is 0.0361. The van der Waals surface area contributed by atoms with Crippen molar-refractivity contribution in [1.29, 1.82) is 0 Å². The summed E-state index contributed by atoms with van der Waals surface area (Å²) in [5, 5.41) is 0. The maximum atomic E-state index is 13.9. The van der Waals surface area contributed by atoms with E-state index < -0.39 is 0 Å². The molecule has 3 aliphatic rings. The maximum Gasteiger partial charge on any atom is 0.253 e. The minimum absolute atomic E-state index is 0.152. The molecule has 1 aromatic heterocycles. The standard InChI is InChI=1S/C38H50N4O3/c1-44-35-13-12-33(27-34(35)29-40-21-7-2-8-22-40)37(43)42-23-17-38(18-24-42)16-6-5-10-32-9-3-4-11-36(32)45-26-25-41(30-38)28-31-14-19-39-20-15-31/h3-4,9,11-15,19-20,27H,2,5-8,10,16-18,21-26,28-30H2,1H3. The molecule has 7 nitrogen and oxygen atoms in total. The highest BCUT2D eigenvalue weighted by Gasteiger charge is 2.37. The van der Waals surface area contributed by atoms with Crippen molar-refractivity contribution in [2.45, 2.75) is 70.9 Å². The highest BCUT2D eigenvalue weighted by Crippen LogP contribution is 2.39. The molecule has 0 saturated carbocycles. The fourth-order valence-electron chi connectivity index (χ4n) is 7.63. The zero-order valence-electron chi connectivity index (χ0n) is 27.1. The van der Waals surface area contributed by atoms with Crippen LogP contribution in [-0.4, -0.2) is 78.6 Å². The number of pyridine rings is 1. The van der Waals surface area contributed by atoms with Gasteiger partial charge in [0.1, 0.15) is 18.1 Å². The van der Waals surface area contributed by atoms with Crippen molar-refractivity contribution < 1.29 is 14.3 Å². The van der Waals surface area contributed by atoms with Gasteiger partial charge in [-0.1, -0.05) is 31.0 Å². The third-order valence-corrected chi connectivity index (χ3v) is 10.2. The fraction of sp³-hybridized carbons (Fsp3) is 0.526. The molecular weight excluding hydrogens is 560 g/mol. The number of hydrogen-bond donors (Lipinski definition) is 0. The Labute approximate surface area is 269 Å². The van der Waals surface area contributed by atoms with Gasteiger partial charge < -0.3 is 14.4 Å². The summed E-state index contributed by atoms with van der Waals surface area (Å²) in [5.74, 6) is 2.06. The number of nitrogens with zero attached hydrogens (tertiary/aromatic N) is 4. The zero-order chi connectivity index (χ0) is 30.9. The number of aromatic nitrogens is 1. The predicted octanol–water partition coefficient (Wildman–Crippen LogP) is 6.61. The molecule has 0 bridgehead atoms. The molecule has 3 aromatic rings. The van der Waals surface area contributed by atoms with E-state index in [0.29, 0.717) is 6.61 Å². The van der Waals surface area contributed by atoms with E-state index in [1.54, 1.807) is 7.11 Å². The van der Waals surface area contributed by atoms with Crippen LogP contribution < -0.4 is 9.47 Å². The Morgan fingerprint density at radius 1 is 0.844 bits per heavy atom. The van der Waals surface area contributed by atoms with Crippen LogP contribution in [-0.2, 0) is 19.5 Å². The minimum atomic E-state index is 0.152. The number of hydrogen-bond acceptors (Lipinski definition) is 6. The Balaban J connectivity index is 1.15. The Bertz CT molecular complexity index is 1380. The van der Waals surface area contributed by atoms with E-state index in [0.717, 1.165) is 101 Å². The van der Waals surface area contributed by atoms with Crippen LogP contribution in [0.3, 0.4) is 0 Å². The summed E-state index contributed by atoms with van der Waals surface area (Å²) in [6, 6.07) is 18.8. The number of fused-ring (bicyclic) bond motifs is 1. The van der Waals surface area contributed by atoms with Crippen LogP contribution in [0.1, 0.15) is 78.4 Å². The third kappa shape index (κ3) is 8.25. The molecule has 0 aliphatic carbocycles. The average molecular weight is 611 g/mol. The summed E-state index contributed by atoms with van der Waals surface area (Å²) in [6.45, 7) is 8.11. The van der Waals surface area contributed by atoms with E-state index in [4.69, 9.17) is 9.47 Å². The molecule has 0 unspecified atom stereocenters. The van der Waals surface area contributed by atoms with Gasteiger partial charge in [-0.2, -0.15) is 0 Å². The van der Waals surface area contributed by atoms with Crippen molar-refractivity contribution in [3.05, 3.63) is 89.2 Å². The lowest BCUT2D eigenvalue weighted by Crippen LogP contribution is -2.48. The average Bonchev–Trinajstić information content (AvgIpc) is 3.08. The largest absolute Gasteiger partial charge is 0.496 e. The Morgan fingerprint density at radius 2 is 1.64 bits per heavy atom. The fourth-order valence-corrected chi connectivity index (χ4v) is 7.63. The quantitative estimate of drug-likeness (QED) is 0.313. The number of methoxy groups -OCH3 is 1. The summed E-state index contributed by atoms with van der Waals surface area (Å²) in [5.41, 5.74) is 4.68. The second-order valence-electron chi connectivity index (χ2n) is 13.4. The van der Waals surface area contributed by atoms with Gasteiger partial charge in [0.05, 0.1) is 7.11 Å². The summed E-state index contributed by atoms with van der Waals surface area (Å²) in [7, 11) is 1.73. The van der Waals surface area contributed by atoms with Gasteiger partial charge in [0.25, 0.3) is 5.91 Å². The summed E-state index contributed by atoms with van der Waals surface area (Å²) in [4.78, 5) is 25.3. The Morgan fingerprint density at radius 3 is 2.44 bits per heavy atom. The molecule has 0 N–H and O–H groups in total. The summed E-state index contributed by atoms with van der Waals surface area (Å²) in [6.07, 6.45) is 14.2. The van der Waals surface area contributed by atoms with Crippen molar-refractivity contribution in [2.75, 3.05) is 53.0 Å². The third-order valence-electron chi connectivity index (χ3n) is 10.2. The minimum Gasteiger partial charge on any atom is -0.496 e. The number of piperidine rings is 2. The second kappa shape index (κ2) is 15.2. The number of amides is 1. The number of likely N-dealkylation sites (tertiary alicyclic amines) is 2. The number of carbonyl (C=O) groups is 1. The lowest BCUT2D eigenvalue weighted by atomic mass is 9.73. The normalized spacial score (nSPS) is 20.0. The van der Waals surface area contributed by atoms with E-state index in [1.807, 2.05) is 24.5 Å². The number of rotatable bonds is 6. The maximum absolute atomic E-state index is 13.9.